The van der Waals surface area contributed by atoms with E-state index in [1.807, 2.05) is 25.4 Å². The van der Waals surface area contributed by atoms with Crippen molar-refractivity contribution in [3.63, 3.8) is 0 Å². The Labute approximate surface area is 134 Å². The third-order valence-electron chi connectivity index (χ3n) is 3.71. The quantitative estimate of drug-likeness (QED) is 0.837. The van der Waals surface area contributed by atoms with Crippen LogP contribution in [0.2, 0.25) is 0 Å². The number of aryl methyl sites for hydroxylation is 1. The van der Waals surface area contributed by atoms with E-state index in [2.05, 4.69) is 5.10 Å². The van der Waals surface area contributed by atoms with Gasteiger partial charge in [0.2, 0.25) is 5.91 Å². The molecule has 0 saturated heterocycles. The van der Waals surface area contributed by atoms with E-state index in [4.69, 9.17) is 4.74 Å². The molecule has 7 nitrogen and oxygen atoms in total. The SMILES string of the molecule is CN(Cc1cnn(C)c1)C(=O)CN1C(=O)COc2ccccc21. The summed E-state index contributed by atoms with van der Waals surface area (Å²) in [5.41, 5.74) is 1.57. The molecule has 1 aliphatic rings. The highest BCUT2D eigenvalue weighted by Crippen LogP contribution is 2.31. The van der Waals surface area contributed by atoms with Gasteiger partial charge < -0.3 is 9.64 Å². The van der Waals surface area contributed by atoms with E-state index in [1.165, 1.54) is 4.90 Å². The van der Waals surface area contributed by atoms with E-state index in [9.17, 15) is 9.59 Å². The van der Waals surface area contributed by atoms with Crippen molar-refractivity contribution in [2.75, 3.05) is 25.1 Å². The number of carbonyl (C=O) groups excluding carboxylic acids is 2. The lowest BCUT2D eigenvalue weighted by atomic mass is 10.2. The van der Waals surface area contributed by atoms with Crippen molar-refractivity contribution < 1.29 is 14.3 Å². The molecule has 1 aromatic heterocycles. The first kappa shape index (κ1) is 15.1. The van der Waals surface area contributed by atoms with Gasteiger partial charge in [-0.2, -0.15) is 5.10 Å². The van der Waals surface area contributed by atoms with Gasteiger partial charge in [-0.1, -0.05) is 12.1 Å². The van der Waals surface area contributed by atoms with Crippen LogP contribution in [0, 0.1) is 0 Å². The third kappa shape index (κ3) is 3.18. The number of likely N-dealkylation sites (N-methyl/N-ethyl adjacent to an activating group) is 1. The fourth-order valence-electron chi connectivity index (χ4n) is 2.50. The molecule has 0 saturated carbocycles. The number of ether oxygens (including phenoxy) is 1. The first-order chi connectivity index (χ1) is 11.0. The molecule has 23 heavy (non-hydrogen) atoms. The van der Waals surface area contributed by atoms with Crippen LogP contribution in [0.1, 0.15) is 5.56 Å². The fourth-order valence-corrected chi connectivity index (χ4v) is 2.50. The average molecular weight is 314 g/mol. The molecule has 2 heterocycles. The van der Waals surface area contributed by atoms with Crippen LogP contribution < -0.4 is 9.64 Å². The average Bonchev–Trinajstić information content (AvgIpc) is 2.95. The molecule has 7 heteroatoms. The molecule has 0 fully saturated rings. The van der Waals surface area contributed by atoms with E-state index >= 15 is 0 Å². The number of aromatic nitrogens is 2. The van der Waals surface area contributed by atoms with E-state index in [-0.39, 0.29) is 25.0 Å². The summed E-state index contributed by atoms with van der Waals surface area (Å²) in [7, 11) is 3.54. The number of nitrogens with zero attached hydrogens (tertiary/aromatic N) is 4. The minimum atomic E-state index is -0.216. The number of fused-ring (bicyclic) bond motifs is 1. The van der Waals surface area contributed by atoms with Gasteiger partial charge in [-0.25, -0.2) is 0 Å². The maximum Gasteiger partial charge on any atom is 0.265 e. The smallest absolute Gasteiger partial charge is 0.265 e. The van der Waals surface area contributed by atoms with Crippen molar-refractivity contribution in [2.24, 2.45) is 7.05 Å². The lowest BCUT2D eigenvalue weighted by Crippen LogP contribution is -2.45. The molecule has 0 atom stereocenters. The molecular weight excluding hydrogens is 296 g/mol. The van der Waals surface area contributed by atoms with Crippen LogP contribution in [0.3, 0.4) is 0 Å². The molecular formula is C16H18N4O3. The van der Waals surface area contributed by atoms with Crippen molar-refractivity contribution >= 4 is 17.5 Å². The summed E-state index contributed by atoms with van der Waals surface area (Å²) >= 11 is 0. The number of anilines is 1. The minimum absolute atomic E-state index is 0.00400. The van der Waals surface area contributed by atoms with Crippen LogP contribution in [0.5, 0.6) is 5.75 Å². The molecule has 3 rings (SSSR count). The highest BCUT2D eigenvalue weighted by atomic mass is 16.5. The monoisotopic (exact) mass is 314 g/mol. The molecule has 1 aliphatic heterocycles. The zero-order valence-corrected chi connectivity index (χ0v) is 13.1. The third-order valence-corrected chi connectivity index (χ3v) is 3.71. The van der Waals surface area contributed by atoms with E-state index < -0.39 is 0 Å². The van der Waals surface area contributed by atoms with E-state index in [0.29, 0.717) is 18.0 Å². The van der Waals surface area contributed by atoms with Gasteiger partial charge in [0.15, 0.2) is 6.61 Å². The Kier molecular flexibility index (Phi) is 4.01. The topological polar surface area (TPSA) is 67.7 Å². The van der Waals surface area contributed by atoms with Crippen molar-refractivity contribution in [1.29, 1.82) is 0 Å². The van der Waals surface area contributed by atoms with Gasteiger partial charge in [0.1, 0.15) is 12.3 Å². The number of amides is 2. The molecule has 0 bridgehead atoms. The molecule has 0 spiro atoms. The lowest BCUT2D eigenvalue weighted by Gasteiger charge is -2.30. The highest BCUT2D eigenvalue weighted by Gasteiger charge is 2.27. The standard InChI is InChI=1S/C16H18N4O3/c1-18(8-12-7-17-19(2)9-12)15(21)10-20-13-5-3-4-6-14(13)23-11-16(20)22/h3-7,9H,8,10-11H2,1-2H3. The maximum atomic E-state index is 12.4. The van der Waals surface area contributed by atoms with Gasteiger partial charge in [-0.3, -0.25) is 19.2 Å². The summed E-state index contributed by atoms with van der Waals surface area (Å²) in [5, 5.41) is 4.08. The second kappa shape index (κ2) is 6.12. The van der Waals surface area contributed by atoms with Crippen LogP contribution >= 0.6 is 0 Å². The van der Waals surface area contributed by atoms with Crippen LogP contribution in [0.15, 0.2) is 36.7 Å². The Hall–Kier alpha value is -2.83. The zero-order chi connectivity index (χ0) is 16.4. The van der Waals surface area contributed by atoms with Crippen LogP contribution in [0.25, 0.3) is 0 Å². The molecule has 0 radical (unpaired) electrons. The number of benzene rings is 1. The number of carbonyl (C=O) groups is 2. The largest absolute Gasteiger partial charge is 0.482 e. The van der Waals surface area contributed by atoms with Gasteiger partial charge in [-0.15, -0.1) is 0 Å². The van der Waals surface area contributed by atoms with Crippen LogP contribution in [-0.4, -0.2) is 46.7 Å². The summed E-state index contributed by atoms with van der Waals surface area (Å²) in [5.74, 6) is 0.264. The Balaban J connectivity index is 1.70. The van der Waals surface area contributed by atoms with Crippen molar-refractivity contribution in [3.8, 4) is 5.75 Å². The van der Waals surface area contributed by atoms with Crippen LogP contribution in [-0.2, 0) is 23.2 Å². The van der Waals surface area contributed by atoms with Gasteiger partial charge in [0.05, 0.1) is 11.9 Å². The normalized spacial score (nSPS) is 13.5. The predicted octanol–water partition coefficient (Wildman–Crippen LogP) is 0.804. The number of rotatable bonds is 4. The second-order valence-corrected chi connectivity index (χ2v) is 5.51. The van der Waals surface area contributed by atoms with Gasteiger partial charge >= 0.3 is 0 Å². The van der Waals surface area contributed by atoms with E-state index in [0.717, 1.165) is 5.56 Å². The lowest BCUT2D eigenvalue weighted by molar-refractivity contribution is -0.131. The minimum Gasteiger partial charge on any atom is -0.482 e. The molecule has 1 aromatic carbocycles. The second-order valence-electron chi connectivity index (χ2n) is 5.51. The van der Waals surface area contributed by atoms with E-state index in [1.54, 1.807) is 35.0 Å². The maximum absolute atomic E-state index is 12.4. The highest BCUT2D eigenvalue weighted by molar-refractivity contribution is 6.02. The molecule has 0 aliphatic carbocycles. The summed E-state index contributed by atoms with van der Waals surface area (Å²) in [6.45, 7) is 0.402. The Bertz CT molecular complexity index is 740. The summed E-state index contributed by atoms with van der Waals surface area (Å²) in [6.07, 6.45) is 3.58. The van der Waals surface area contributed by atoms with Gasteiger partial charge in [0, 0.05) is 32.4 Å². The zero-order valence-electron chi connectivity index (χ0n) is 13.1. The summed E-state index contributed by atoms with van der Waals surface area (Å²) in [6, 6.07) is 7.22. The van der Waals surface area contributed by atoms with Crippen molar-refractivity contribution in [1.82, 2.24) is 14.7 Å². The van der Waals surface area contributed by atoms with Gasteiger partial charge in [-0.05, 0) is 12.1 Å². The molecule has 0 unspecified atom stereocenters. The molecule has 0 N–H and O–H groups in total. The first-order valence-electron chi connectivity index (χ1n) is 7.28. The summed E-state index contributed by atoms with van der Waals surface area (Å²) < 4.78 is 7.07. The van der Waals surface area contributed by atoms with Crippen molar-refractivity contribution in [3.05, 3.63) is 42.2 Å². The van der Waals surface area contributed by atoms with Gasteiger partial charge in [0.25, 0.3) is 5.91 Å². The Morgan fingerprint density at radius 2 is 2.17 bits per heavy atom. The predicted molar refractivity (Wildman–Crippen MR) is 84.0 cm³/mol. The van der Waals surface area contributed by atoms with Crippen LogP contribution in [0.4, 0.5) is 5.69 Å². The molecule has 120 valence electrons. The number of hydrogen-bond donors (Lipinski definition) is 0. The number of para-hydroxylation sites is 2. The number of hydrogen-bond acceptors (Lipinski definition) is 4. The van der Waals surface area contributed by atoms with Crippen molar-refractivity contribution in [2.45, 2.75) is 6.54 Å². The molecule has 2 amide bonds. The fraction of sp³-hybridized carbons (Fsp3) is 0.312. The first-order valence-corrected chi connectivity index (χ1v) is 7.28. The Morgan fingerprint density at radius 3 is 2.91 bits per heavy atom. The Morgan fingerprint density at radius 1 is 1.39 bits per heavy atom. The molecule has 2 aromatic rings. The summed E-state index contributed by atoms with van der Waals surface area (Å²) in [4.78, 5) is 27.6.